The lowest BCUT2D eigenvalue weighted by molar-refractivity contribution is -0.180. The number of halogens is 3. The maximum Gasteiger partial charge on any atom is 0.397 e. The van der Waals surface area contributed by atoms with E-state index in [2.05, 4.69) is 16.0 Å². The minimum absolute atomic E-state index is 0.0341. The zero-order valence-electron chi connectivity index (χ0n) is 24.6. The Morgan fingerprint density at radius 3 is 2.60 bits per heavy atom. The highest BCUT2D eigenvalue weighted by molar-refractivity contribution is 5.71. The lowest BCUT2D eigenvalue weighted by Crippen LogP contribution is -2.36. The Hall–Kier alpha value is -3.87. The van der Waals surface area contributed by atoms with E-state index in [1.165, 1.54) is 36.2 Å². The summed E-state index contributed by atoms with van der Waals surface area (Å²) in [4.78, 5) is 20.7. The molecule has 0 N–H and O–H groups in total. The Morgan fingerprint density at radius 1 is 1.12 bits per heavy atom. The molecule has 1 aliphatic carbocycles. The van der Waals surface area contributed by atoms with Crippen LogP contribution in [0, 0.1) is 6.57 Å². The van der Waals surface area contributed by atoms with Gasteiger partial charge in [0.25, 0.3) is 0 Å². The van der Waals surface area contributed by atoms with Crippen LogP contribution in [0.15, 0.2) is 36.4 Å². The van der Waals surface area contributed by atoms with Gasteiger partial charge in [-0.3, -0.25) is 9.78 Å². The van der Waals surface area contributed by atoms with Crippen LogP contribution in [-0.2, 0) is 47.7 Å². The minimum atomic E-state index is -4.52. The first-order valence-electron chi connectivity index (χ1n) is 14.3. The highest BCUT2D eigenvalue weighted by Crippen LogP contribution is 2.43. The number of alkyl halides is 3. The molecular weight excluding hydrogens is 545 g/mol. The van der Waals surface area contributed by atoms with Crippen molar-refractivity contribution in [2.24, 2.45) is 7.05 Å². The van der Waals surface area contributed by atoms with E-state index >= 15 is 0 Å². The summed E-state index contributed by atoms with van der Waals surface area (Å²) < 4.78 is 54.5. The first-order valence-corrected chi connectivity index (χ1v) is 14.3. The maximum absolute atomic E-state index is 13.9. The number of aryl methyl sites for hydroxylation is 3. The number of hydrogen-bond acceptors (Lipinski definition) is 5. The molecule has 4 rings (SSSR count). The monoisotopic (exact) mass is 582 g/mol. The number of carbonyl (C=O) groups is 1. The number of hydrogen-bond donors (Lipinski definition) is 0. The summed E-state index contributed by atoms with van der Waals surface area (Å²) in [6.07, 6.45) is 0.752. The second-order valence-corrected chi connectivity index (χ2v) is 11.3. The molecule has 3 aromatic rings. The lowest BCUT2D eigenvalue weighted by atomic mass is 9.80. The molecule has 1 aliphatic rings. The van der Waals surface area contributed by atoms with Crippen LogP contribution < -0.4 is 4.74 Å². The van der Waals surface area contributed by atoms with Crippen LogP contribution in [0.4, 0.5) is 18.9 Å². The smallest absolute Gasteiger partial charge is 0.397 e. The molecule has 0 aliphatic heterocycles. The molecule has 0 radical (unpaired) electrons. The van der Waals surface area contributed by atoms with Crippen molar-refractivity contribution in [3.8, 4) is 5.88 Å². The van der Waals surface area contributed by atoms with Crippen LogP contribution in [0.1, 0.15) is 79.7 Å². The summed E-state index contributed by atoms with van der Waals surface area (Å²) in [6, 6.07) is 10.2. The predicted octanol–water partition coefficient (Wildman–Crippen LogP) is 6.99. The summed E-state index contributed by atoms with van der Waals surface area (Å²) in [5, 5.41) is 4.55. The Morgan fingerprint density at radius 2 is 1.88 bits per heavy atom. The van der Waals surface area contributed by atoms with Crippen LogP contribution >= 0.6 is 0 Å². The fourth-order valence-corrected chi connectivity index (χ4v) is 5.21. The van der Waals surface area contributed by atoms with E-state index in [1.807, 2.05) is 6.07 Å². The average Bonchev–Trinajstić information content (AvgIpc) is 3.30. The molecule has 7 nitrogen and oxygen atoms in total. The third-order valence-electron chi connectivity index (χ3n) is 7.88. The van der Waals surface area contributed by atoms with Crippen molar-refractivity contribution in [3.05, 3.63) is 81.6 Å². The first-order chi connectivity index (χ1) is 19.9. The Labute approximate surface area is 244 Å². The van der Waals surface area contributed by atoms with Crippen LogP contribution in [0.25, 0.3) is 4.85 Å². The molecule has 0 saturated heterocycles. The number of fused-ring (bicyclic) bond motifs is 1. The van der Waals surface area contributed by atoms with E-state index in [0.717, 1.165) is 32.4 Å². The van der Waals surface area contributed by atoms with Gasteiger partial charge in [0.05, 0.1) is 37.3 Å². The van der Waals surface area contributed by atoms with E-state index in [-0.39, 0.29) is 30.7 Å². The van der Waals surface area contributed by atoms with Crippen molar-refractivity contribution >= 4 is 11.7 Å². The molecule has 1 atom stereocenters. The Bertz CT molecular complexity index is 1460. The molecule has 0 spiro atoms. The summed E-state index contributed by atoms with van der Waals surface area (Å²) in [6.45, 7) is 11.9. The normalized spacial score (nSPS) is 14.1. The molecule has 2 heterocycles. The van der Waals surface area contributed by atoms with Crippen molar-refractivity contribution in [2.75, 3.05) is 13.2 Å². The molecular formula is C32H37F3N4O3. The van der Waals surface area contributed by atoms with Gasteiger partial charge in [0.1, 0.15) is 0 Å². The van der Waals surface area contributed by atoms with Crippen LogP contribution in [0.5, 0.6) is 5.88 Å². The zero-order chi connectivity index (χ0) is 30.5. The number of ether oxygens (including phenoxy) is 2. The van der Waals surface area contributed by atoms with Gasteiger partial charge in [-0.1, -0.05) is 29.8 Å². The van der Waals surface area contributed by atoms with Gasteiger partial charge in [-0.25, -0.2) is 9.53 Å². The van der Waals surface area contributed by atoms with Crippen LogP contribution in [-0.4, -0.2) is 40.1 Å². The number of nitrogens with zero attached hydrogens (tertiary/aromatic N) is 4. The molecule has 0 bridgehead atoms. The zero-order valence-corrected chi connectivity index (χ0v) is 24.6. The van der Waals surface area contributed by atoms with Crippen molar-refractivity contribution in [1.82, 2.24) is 14.8 Å². The molecule has 1 aromatic carbocycles. The van der Waals surface area contributed by atoms with E-state index in [0.29, 0.717) is 30.2 Å². The van der Waals surface area contributed by atoms with Crippen molar-refractivity contribution in [3.63, 3.8) is 0 Å². The number of benzene rings is 1. The number of pyridine rings is 1. The Kier molecular flexibility index (Phi) is 9.60. The highest BCUT2D eigenvalue weighted by atomic mass is 19.4. The van der Waals surface area contributed by atoms with Crippen molar-refractivity contribution < 1.29 is 27.4 Å². The molecule has 10 heteroatoms. The molecule has 224 valence electrons. The van der Waals surface area contributed by atoms with Crippen LogP contribution in [0.3, 0.4) is 0 Å². The highest BCUT2D eigenvalue weighted by Gasteiger charge is 2.48. The third-order valence-corrected chi connectivity index (χ3v) is 7.88. The van der Waals surface area contributed by atoms with Crippen molar-refractivity contribution in [2.45, 2.75) is 83.2 Å². The van der Waals surface area contributed by atoms with Gasteiger partial charge >= 0.3 is 12.1 Å². The second kappa shape index (κ2) is 13.0. The standard InChI is InChI=1S/C32H37F3N4O3/c1-6-41-30(40)18-23(22-15-24(19-26(16-22)36-4)31(2,3)32(33,34)35)17-27-20-29(39(5)38-27)42-14-13-25-12-11-21-9-7-8-10-28(21)37-25/h11-12,15-16,19-20,23H,6-10,13-14,17-18H2,1-3,5H3. The van der Waals surface area contributed by atoms with E-state index in [1.54, 1.807) is 30.8 Å². The van der Waals surface area contributed by atoms with Crippen molar-refractivity contribution in [1.29, 1.82) is 0 Å². The van der Waals surface area contributed by atoms with Gasteiger partial charge in [-0.05, 0) is 76.0 Å². The van der Waals surface area contributed by atoms with E-state index < -0.39 is 23.5 Å². The largest absolute Gasteiger partial charge is 0.477 e. The molecule has 2 aromatic heterocycles. The summed E-state index contributed by atoms with van der Waals surface area (Å²) in [5.41, 5.74) is 2.41. The van der Waals surface area contributed by atoms with Gasteiger partial charge in [-0.15, -0.1) is 0 Å². The number of aromatic nitrogens is 3. The molecule has 0 amide bonds. The second-order valence-electron chi connectivity index (χ2n) is 11.3. The van der Waals surface area contributed by atoms with E-state index in [4.69, 9.17) is 21.0 Å². The Balaban J connectivity index is 1.53. The average molecular weight is 583 g/mol. The van der Waals surface area contributed by atoms with E-state index in [9.17, 15) is 18.0 Å². The SMILES string of the molecule is [C-]#[N+]c1cc(C(CC(=O)OCC)Cc2cc(OCCc3ccc4c(n3)CCCC4)n(C)n2)cc(C(C)(C)C(F)(F)F)c1. The summed E-state index contributed by atoms with van der Waals surface area (Å²) in [5.74, 6) is -0.500. The first kappa shape index (κ1) is 31.1. The minimum Gasteiger partial charge on any atom is -0.477 e. The molecule has 42 heavy (non-hydrogen) atoms. The fraction of sp³-hybridized carbons (Fsp3) is 0.500. The van der Waals surface area contributed by atoms with Crippen LogP contribution in [0.2, 0.25) is 0 Å². The van der Waals surface area contributed by atoms with Gasteiger partial charge < -0.3 is 9.47 Å². The van der Waals surface area contributed by atoms with Gasteiger partial charge in [0, 0.05) is 30.9 Å². The third kappa shape index (κ3) is 7.30. The summed E-state index contributed by atoms with van der Waals surface area (Å²) in [7, 11) is 1.75. The lowest BCUT2D eigenvalue weighted by Gasteiger charge is -2.29. The summed E-state index contributed by atoms with van der Waals surface area (Å²) >= 11 is 0. The topological polar surface area (TPSA) is 70.6 Å². The van der Waals surface area contributed by atoms with Gasteiger partial charge in [0.2, 0.25) is 5.88 Å². The molecule has 0 fully saturated rings. The number of rotatable bonds is 11. The fourth-order valence-electron chi connectivity index (χ4n) is 5.21. The van der Waals surface area contributed by atoms with Gasteiger partial charge in [-0.2, -0.15) is 18.3 Å². The molecule has 0 saturated carbocycles. The van der Waals surface area contributed by atoms with Gasteiger partial charge in [0.15, 0.2) is 5.69 Å². The number of esters is 1. The molecule has 1 unspecified atom stereocenters. The quantitative estimate of drug-likeness (QED) is 0.180. The predicted molar refractivity (Wildman–Crippen MR) is 153 cm³/mol. The maximum atomic E-state index is 13.9. The number of carbonyl (C=O) groups excluding carboxylic acids is 1.